The molecular formula is C29H27N3O5S. The van der Waals surface area contributed by atoms with Crippen LogP contribution in [0.3, 0.4) is 0 Å². The van der Waals surface area contributed by atoms with Gasteiger partial charge in [-0.2, -0.15) is 0 Å². The number of nitrogens with one attached hydrogen (secondary N) is 2. The van der Waals surface area contributed by atoms with Crippen molar-refractivity contribution in [3.63, 3.8) is 0 Å². The van der Waals surface area contributed by atoms with Gasteiger partial charge in [0.1, 0.15) is 17.3 Å². The fraction of sp³-hybridized carbons (Fsp3) is 0.103. The van der Waals surface area contributed by atoms with Gasteiger partial charge >= 0.3 is 0 Å². The summed E-state index contributed by atoms with van der Waals surface area (Å²) in [5, 5.41) is 5.75. The van der Waals surface area contributed by atoms with Crippen molar-refractivity contribution in [1.82, 2.24) is 0 Å². The zero-order chi connectivity index (χ0) is 27.1. The first-order chi connectivity index (χ1) is 18.3. The molecule has 0 bridgehead atoms. The Morgan fingerprint density at radius 1 is 0.816 bits per heavy atom. The third-order valence-electron chi connectivity index (χ3n) is 5.70. The number of anilines is 2. The van der Waals surface area contributed by atoms with E-state index in [0.29, 0.717) is 12.4 Å². The molecule has 0 saturated heterocycles. The topological polar surface area (TPSA) is 128 Å². The molecule has 0 unspecified atom stereocenters. The molecule has 0 fully saturated rings. The number of primary amides is 1. The average molecular weight is 530 g/mol. The fourth-order valence-electron chi connectivity index (χ4n) is 3.88. The van der Waals surface area contributed by atoms with Crippen LogP contribution in [-0.4, -0.2) is 20.2 Å². The number of rotatable bonds is 10. The molecule has 4 rings (SSSR count). The van der Waals surface area contributed by atoms with Crippen LogP contribution in [-0.2, 0) is 27.8 Å². The molecule has 0 spiro atoms. The largest absolute Gasteiger partial charge is 0.489 e. The Balaban J connectivity index is 1.65. The van der Waals surface area contributed by atoms with Crippen molar-refractivity contribution in [2.24, 2.45) is 5.73 Å². The number of amides is 2. The molecule has 2 amide bonds. The van der Waals surface area contributed by atoms with E-state index < -0.39 is 21.7 Å². The molecule has 0 aliphatic carbocycles. The van der Waals surface area contributed by atoms with Crippen LogP contribution in [0.15, 0.2) is 107 Å². The van der Waals surface area contributed by atoms with Crippen LogP contribution in [0.25, 0.3) is 0 Å². The smallest absolute Gasteiger partial charge is 0.250 e. The summed E-state index contributed by atoms with van der Waals surface area (Å²) in [5.41, 5.74) is 7.53. The molecule has 0 aliphatic heterocycles. The summed E-state index contributed by atoms with van der Waals surface area (Å²) in [5.74, 6) is -0.626. The predicted octanol–water partition coefficient (Wildman–Crippen LogP) is 4.77. The summed E-state index contributed by atoms with van der Waals surface area (Å²) in [6.45, 7) is 1.94. The first-order valence-corrected chi connectivity index (χ1v) is 13.3. The lowest BCUT2D eigenvalue weighted by molar-refractivity contribution is -0.114. The van der Waals surface area contributed by atoms with Gasteiger partial charge in [0.15, 0.2) is 0 Å². The third kappa shape index (κ3) is 6.19. The zero-order valence-electron chi connectivity index (χ0n) is 20.7. The second kappa shape index (κ2) is 11.6. The molecule has 4 aromatic rings. The van der Waals surface area contributed by atoms with E-state index in [4.69, 9.17) is 10.5 Å². The summed E-state index contributed by atoms with van der Waals surface area (Å²) in [6.07, 6.45) is 0. The minimum atomic E-state index is -4.18. The summed E-state index contributed by atoms with van der Waals surface area (Å²) in [4.78, 5) is 23.9. The van der Waals surface area contributed by atoms with Crippen LogP contribution in [0.2, 0.25) is 0 Å². The van der Waals surface area contributed by atoms with Crippen LogP contribution in [0.1, 0.15) is 28.4 Å². The number of hydrogen-bond acceptors (Lipinski definition) is 6. The van der Waals surface area contributed by atoms with E-state index in [1.165, 1.54) is 31.2 Å². The quantitative estimate of drug-likeness (QED) is 0.272. The molecule has 0 radical (unpaired) electrons. The summed E-state index contributed by atoms with van der Waals surface area (Å²) in [6, 6.07) is 27.6. The Morgan fingerprint density at radius 3 is 2.05 bits per heavy atom. The van der Waals surface area contributed by atoms with Crippen molar-refractivity contribution in [2.45, 2.75) is 29.9 Å². The Bertz CT molecular complexity index is 1540. The highest BCUT2D eigenvalue weighted by Gasteiger charge is 2.29. The molecule has 9 heteroatoms. The highest BCUT2D eigenvalue weighted by Crippen LogP contribution is 2.37. The standard InChI is InChI=1S/C29H27N3O5S/c1-20(33)32-26-17-16-25(29(30)34)28(38(35,36)24-10-6-3-7-11-24)27(26)31-18-21-12-14-23(15-13-21)37-19-22-8-4-2-5-9-22/h2-17,31H,18-19H2,1H3,(H2,30,34)(H,32,33). The minimum absolute atomic E-state index is 0.00885. The van der Waals surface area contributed by atoms with Gasteiger partial charge in [0.2, 0.25) is 21.7 Å². The molecule has 0 saturated carbocycles. The van der Waals surface area contributed by atoms with Crippen LogP contribution in [0.4, 0.5) is 11.4 Å². The van der Waals surface area contributed by atoms with Gasteiger partial charge in [0, 0.05) is 13.5 Å². The van der Waals surface area contributed by atoms with Crippen molar-refractivity contribution in [1.29, 1.82) is 0 Å². The molecule has 0 atom stereocenters. The molecule has 0 heterocycles. The highest BCUT2D eigenvalue weighted by atomic mass is 32.2. The van der Waals surface area contributed by atoms with E-state index in [9.17, 15) is 18.0 Å². The molecule has 0 aliphatic rings. The molecule has 0 aromatic heterocycles. The number of carbonyl (C=O) groups is 2. The molecule has 194 valence electrons. The SMILES string of the molecule is CC(=O)Nc1ccc(C(N)=O)c(S(=O)(=O)c2ccccc2)c1NCc1ccc(OCc2ccccc2)cc1. The summed E-state index contributed by atoms with van der Waals surface area (Å²) >= 11 is 0. The van der Waals surface area contributed by atoms with Gasteiger partial charge < -0.3 is 21.1 Å². The van der Waals surface area contributed by atoms with Crippen molar-refractivity contribution in [3.8, 4) is 5.75 Å². The van der Waals surface area contributed by atoms with E-state index in [2.05, 4.69) is 10.6 Å². The number of nitrogens with two attached hydrogens (primary N) is 1. The maximum atomic E-state index is 13.7. The van der Waals surface area contributed by atoms with Gasteiger partial charge in [-0.3, -0.25) is 9.59 Å². The molecule has 38 heavy (non-hydrogen) atoms. The average Bonchev–Trinajstić information content (AvgIpc) is 2.92. The molecule has 8 nitrogen and oxygen atoms in total. The first-order valence-electron chi connectivity index (χ1n) is 11.8. The maximum Gasteiger partial charge on any atom is 0.250 e. The normalized spacial score (nSPS) is 11.0. The Morgan fingerprint density at radius 2 is 1.45 bits per heavy atom. The number of sulfone groups is 1. The van der Waals surface area contributed by atoms with Crippen LogP contribution in [0, 0.1) is 0 Å². The second-order valence-corrected chi connectivity index (χ2v) is 10.4. The fourth-order valence-corrected chi connectivity index (χ4v) is 5.54. The van der Waals surface area contributed by atoms with Gasteiger partial charge in [-0.05, 0) is 47.5 Å². The minimum Gasteiger partial charge on any atom is -0.489 e. The predicted molar refractivity (Wildman–Crippen MR) is 146 cm³/mol. The van der Waals surface area contributed by atoms with E-state index in [0.717, 1.165) is 11.1 Å². The summed E-state index contributed by atoms with van der Waals surface area (Å²) in [7, 11) is -4.18. The lowest BCUT2D eigenvalue weighted by atomic mass is 10.1. The van der Waals surface area contributed by atoms with Crippen LogP contribution >= 0.6 is 0 Å². The Hall–Kier alpha value is -4.63. The van der Waals surface area contributed by atoms with Crippen molar-refractivity contribution in [3.05, 3.63) is 114 Å². The lowest BCUT2D eigenvalue weighted by Gasteiger charge is -2.20. The van der Waals surface area contributed by atoms with Gasteiger partial charge in [-0.15, -0.1) is 0 Å². The lowest BCUT2D eigenvalue weighted by Crippen LogP contribution is -2.20. The van der Waals surface area contributed by atoms with Gasteiger partial charge in [0.05, 0.1) is 21.8 Å². The van der Waals surface area contributed by atoms with Crippen LogP contribution < -0.4 is 21.1 Å². The Kier molecular flexibility index (Phi) is 8.08. The number of benzene rings is 4. The van der Waals surface area contributed by atoms with Crippen molar-refractivity contribution >= 4 is 33.0 Å². The number of hydrogen-bond donors (Lipinski definition) is 3. The van der Waals surface area contributed by atoms with E-state index >= 15 is 0 Å². The zero-order valence-corrected chi connectivity index (χ0v) is 21.5. The second-order valence-electron chi connectivity index (χ2n) is 8.50. The van der Waals surface area contributed by atoms with E-state index in [1.807, 2.05) is 54.6 Å². The molecule has 4 aromatic carbocycles. The van der Waals surface area contributed by atoms with Crippen molar-refractivity contribution in [2.75, 3.05) is 10.6 Å². The highest BCUT2D eigenvalue weighted by molar-refractivity contribution is 7.91. The summed E-state index contributed by atoms with van der Waals surface area (Å²) < 4.78 is 33.2. The maximum absolute atomic E-state index is 13.7. The monoisotopic (exact) mass is 529 g/mol. The van der Waals surface area contributed by atoms with Gasteiger partial charge in [-0.25, -0.2) is 8.42 Å². The van der Waals surface area contributed by atoms with Crippen LogP contribution in [0.5, 0.6) is 5.75 Å². The number of carbonyl (C=O) groups excluding carboxylic acids is 2. The third-order valence-corrected chi connectivity index (χ3v) is 7.55. The van der Waals surface area contributed by atoms with Gasteiger partial charge in [0.25, 0.3) is 0 Å². The van der Waals surface area contributed by atoms with E-state index in [-0.39, 0.29) is 33.3 Å². The Labute approximate surface area is 221 Å². The van der Waals surface area contributed by atoms with E-state index in [1.54, 1.807) is 18.2 Å². The molecular weight excluding hydrogens is 502 g/mol. The molecule has 4 N–H and O–H groups in total. The first kappa shape index (κ1) is 26.4. The number of ether oxygens (including phenoxy) is 1. The van der Waals surface area contributed by atoms with Gasteiger partial charge in [-0.1, -0.05) is 60.7 Å². The van der Waals surface area contributed by atoms with Crippen molar-refractivity contribution < 1.29 is 22.7 Å².